The van der Waals surface area contributed by atoms with Crippen LogP contribution in [0.1, 0.15) is 5.56 Å². The van der Waals surface area contributed by atoms with Gasteiger partial charge in [0.25, 0.3) is 11.8 Å². The molecule has 0 spiro atoms. The predicted octanol–water partition coefficient (Wildman–Crippen LogP) is 2.07. The number of phenolic OH excluding ortho intramolecular Hbond substituents is 1. The molecule has 4 amide bonds. The lowest BCUT2D eigenvalue weighted by Crippen LogP contribution is -2.54. The molecular weight excluding hydrogens is 453 g/mol. The van der Waals surface area contributed by atoms with Crippen molar-refractivity contribution in [1.29, 1.82) is 0 Å². The summed E-state index contributed by atoms with van der Waals surface area (Å²) in [4.78, 5) is 41.7. The van der Waals surface area contributed by atoms with Gasteiger partial charge in [0.05, 0.1) is 22.6 Å². The summed E-state index contributed by atoms with van der Waals surface area (Å²) >= 11 is 1.90. The highest BCUT2D eigenvalue weighted by Gasteiger charge is 2.36. The Morgan fingerprint density at radius 3 is 2.73 bits per heavy atom. The molecule has 26 heavy (non-hydrogen) atoms. The molecule has 3 rings (SSSR count). The Morgan fingerprint density at radius 1 is 1.31 bits per heavy atom. The fraction of sp³-hybridized carbons (Fsp3) is 0.0588. The third-order valence-electron chi connectivity index (χ3n) is 3.59. The number of carbonyl (C=O) groups is 3. The molecule has 0 atom stereocenters. The van der Waals surface area contributed by atoms with Crippen molar-refractivity contribution in [2.45, 2.75) is 0 Å². The number of pyridine rings is 1. The summed E-state index contributed by atoms with van der Waals surface area (Å²) in [7, 11) is 1.39. The maximum Gasteiger partial charge on any atom is 0.336 e. The van der Waals surface area contributed by atoms with Gasteiger partial charge in [0.1, 0.15) is 5.57 Å². The number of barbiturate groups is 1. The van der Waals surface area contributed by atoms with Gasteiger partial charge in [-0.15, -0.1) is 0 Å². The van der Waals surface area contributed by atoms with Crippen LogP contribution in [0.5, 0.6) is 11.5 Å². The minimum atomic E-state index is -0.844. The van der Waals surface area contributed by atoms with Crippen molar-refractivity contribution in [3.8, 4) is 11.5 Å². The number of benzene rings is 1. The molecule has 1 fully saturated rings. The number of imide groups is 2. The van der Waals surface area contributed by atoms with Crippen LogP contribution >= 0.6 is 22.6 Å². The number of hydrogen-bond acceptors (Lipinski definition) is 6. The quantitative estimate of drug-likeness (QED) is 0.408. The van der Waals surface area contributed by atoms with Crippen LogP contribution in [0, 0.1) is 3.57 Å². The van der Waals surface area contributed by atoms with E-state index in [1.807, 2.05) is 22.6 Å². The van der Waals surface area contributed by atoms with E-state index in [4.69, 9.17) is 4.74 Å². The summed E-state index contributed by atoms with van der Waals surface area (Å²) in [6.07, 6.45) is 4.18. The van der Waals surface area contributed by atoms with Crippen molar-refractivity contribution in [3.63, 3.8) is 0 Å². The van der Waals surface area contributed by atoms with Gasteiger partial charge in [-0.2, -0.15) is 0 Å². The molecule has 0 aliphatic carbocycles. The molecule has 0 saturated carbocycles. The number of hydrogen-bond donors (Lipinski definition) is 2. The first kappa shape index (κ1) is 17.9. The van der Waals surface area contributed by atoms with Crippen molar-refractivity contribution < 1.29 is 24.2 Å². The topological polar surface area (TPSA) is 109 Å². The molecule has 0 bridgehead atoms. The molecule has 1 saturated heterocycles. The Morgan fingerprint density at radius 2 is 2.08 bits per heavy atom. The van der Waals surface area contributed by atoms with Gasteiger partial charge in [-0.05, 0) is 58.5 Å². The van der Waals surface area contributed by atoms with Gasteiger partial charge in [-0.3, -0.25) is 19.9 Å². The number of aromatic nitrogens is 1. The second-order valence-corrected chi connectivity index (χ2v) is 6.38. The Balaban J connectivity index is 2.05. The number of nitrogens with zero attached hydrogens (tertiary/aromatic N) is 2. The van der Waals surface area contributed by atoms with Gasteiger partial charge < -0.3 is 9.84 Å². The Kier molecular flexibility index (Phi) is 4.89. The lowest BCUT2D eigenvalue weighted by Gasteiger charge is -2.26. The van der Waals surface area contributed by atoms with Crippen molar-refractivity contribution in [3.05, 3.63) is 51.4 Å². The molecule has 2 N–H and O–H groups in total. The SMILES string of the molecule is COc1cc(C=C2C(=O)NC(=O)N(c3cccnc3)C2=O)cc(I)c1O. The summed E-state index contributed by atoms with van der Waals surface area (Å²) in [6, 6.07) is 5.32. The number of ether oxygens (including phenoxy) is 1. The number of rotatable bonds is 3. The third kappa shape index (κ3) is 3.25. The average Bonchev–Trinajstić information content (AvgIpc) is 2.62. The number of nitrogens with one attached hydrogen (secondary N) is 1. The van der Waals surface area contributed by atoms with E-state index < -0.39 is 17.8 Å². The number of urea groups is 1. The highest BCUT2D eigenvalue weighted by atomic mass is 127. The molecule has 1 aliphatic rings. The van der Waals surface area contributed by atoms with Gasteiger partial charge in [-0.25, -0.2) is 9.69 Å². The molecule has 8 nitrogen and oxygen atoms in total. The van der Waals surface area contributed by atoms with Crippen molar-refractivity contribution in [2.75, 3.05) is 12.0 Å². The second-order valence-electron chi connectivity index (χ2n) is 5.22. The number of anilines is 1. The molecule has 1 aromatic heterocycles. The minimum absolute atomic E-state index is 0.0400. The molecule has 2 aromatic rings. The first-order chi connectivity index (χ1) is 12.4. The molecule has 132 valence electrons. The summed E-state index contributed by atoms with van der Waals surface area (Å²) in [6.45, 7) is 0. The number of amides is 4. The zero-order valence-corrected chi connectivity index (χ0v) is 15.6. The number of carbonyl (C=O) groups excluding carboxylic acids is 3. The minimum Gasteiger partial charge on any atom is -0.504 e. The van der Waals surface area contributed by atoms with Gasteiger partial charge in [-0.1, -0.05) is 0 Å². The largest absolute Gasteiger partial charge is 0.504 e. The normalized spacial score (nSPS) is 16.0. The molecule has 9 heteroatoms. The monoisotopic (exact) mass is 465 g/mol. The zero-order valence-electron chi connectivity index (χ0n) is 13.4. The van der Waals surface area contributed by atoms with Crippen LogP contribution in [0.15, 0.2) is 42.2 Å². The first-order valence-electron chi connectivity index (χ1n) is 7.30. The predicted molar refractivity (Wildman–Crippen MR) is 101 cm³/mol. The van der Waals surface area contributed by atoms with Crippen molar-refractivity contribution >= 4 is 52.2 Å². The molecule has 0 radical (unpaired) electrons. The summed E-state index contributed by atoms with van der Waals surface area (Å²) < 4.78 is 5.56. The summed E-state index contributed by atoms with van der Waals surface area (Å²) in [5.41, 5.74) is 0.478. The van der Waals surface area contributed by atoms with Crippen molar-refractivity contribution in [1.82, 2.24) is 10.3 Å². The smallest absolute Gasteiger partial charge is 0.336 e. The molecule has 1 aromatic carbocycles. The van der Waals surface area contributed by atoms with E-state index in [-0.39, 0.29) is 22.8 Å². The van der Waals surface area contributed by atoms with Crippen LogP contribution in [0.4, 0.5) is 10.5 Å². The van der Waals surface area contributed by atoms with Gasteiger partial charge in [0.15, 0.2) is 11.5 Å². The van der Waals surface area contributed by atoms with Crippen LogP contribution < -0.4 is 15.0 Å². The fourth-order valence-corrected chi connectivity index (χ4v) is 3.00. The molecule has 2 heterocycles. The van der Waals surface area contributed by atoms with Crippen LogP contribution in [0.25, 0.3) is 6.08 Å². The summed E-state index contributed by atoms with van der Waals surface area (Å²) in [5.74, 6) is -1.41. The number of methoxy groups -OCH3 is 1. The highest BCUT2D eigenvalue weighted by molar-refractivity contribution is 14.1. The van der Waals surface area contributed by atoms with E-state index in [2.05, 4.69) is 10.3 Å². The lowest BCUT2D eigenvalue weighted by atomic mass is 10.1. The van der Waals surface area contributed by atoms with Crippen LogP contribution in [0.2, 0.25) is 0 Å². The van der Waals surface area contributed by atoms with Gasteiger partial charge in [0.2, 0.25) is 0 Å². The fourth-order valence-electron chi connectivity index (χ4n) is 2.38. The molecule has 1 aliphatic heterocycles. The average molecular weight is 465 g/mol. The number of halogens is 1. The van der Waals surface area contributed by atoms with Crippen molar-refractivity contribution in [2.24, 2.45) is 0 Å². The first-order valence-corrected chi connectivity index (χ1v) is 8.38. The van der Waals surface area contributed by atoms with E-state index in [0.717, 1.165) is 4.90 Å². The number of aromatic hydroxyl groups is 1. The Bertz CT molecular complexity index is 943. The molecular formula is C17H12IN3O5. The molecule has 0 unspecified atom stereocenters. The van der Waals surface area contributed by atoms with Crippen LogP contribution in [0.3, 0.4) is 0 Å². The highest BCUT2D eigenvalue weighted by Crippen LogP contribution is 2.33. The number of phenols is 1. The van der Waals surface area contributed by atoms with E-state index in [0.29, 0.717) is 9.13 Å². The van der Waals surface area contributed by atoms with E-state index in [1.54, 1.807) is 12.1 Å². The Labute approximate surface area is 161 Å². The van der Waals surface area contributed by atoms with Gasteiger partial charge in [0, 0.05) is 6.20 Å². The lowest BCUT2D eigenvalue weighted by molar-refractivity contribution is -0.122. The third-order valence-corrected chi connectivity index (χ3v) is 4.41. The van der Waals surface area contributed by atoms with E-state index >= 15 is 0 Å². The zero-order chi connectivity index (χ0) is 18.8. The second kappa shape index (κ2) is 7.12. The maximum atomic E-state index is 12.7. The van der Waals surface area contributed by atoms with Gasteiger partial charge >= 0.3 is 6.03 Å². The summed E-state index contributed by atoms with van der Waals surface area (Å²) in [5, 5.41) is 12.0. The maximum absolute atomic E-state index is 12.7. The van der Waals surface area contributed by atoms with E-state index in [1.165, 1.54) is 37.7 Å². The van der Waals surface area contributed by atoms with Crippen LogP contribution in [-0.4, -0.2) is 35.0 Å². The van der Waals surface area contributed by atoms with Crippen LogP contribution in [-0.2, 0) is 9.59 Å². The van der Waals surface area contributed by atoms with E-state index in [9.17, 15) is 19.5 Å². The Hall–Kier alpha value is -2.95. The standard InChI is InChI=1S/C17H12IN3O5/c1-26-13-7-9(6-12(18)14(13)22)5-11-15(23)20-17(25)21(16(11)24)10-3-2-4-19-8-10/h2-8,22H,1H3,(H,20,23,25).